The van der Waals surface area contributed by atoms with Crippen molar-refractivity contribution in [3.63, 3.8) is 0 Å². The molecule has 2 bridgehead atoms. The van der Waals surface area contributed by atoms with Crippen molar-refractivity contribution < 1.29 is 4.74 Å². The third-order valence-corrected chi connectivity index (χ3v) is 6.55. The van der Waals surface area contributed by atoms with Crippen LogP contribution in [0, 0.1) is 5.92 Å². The van der Waals surface area contributed by atoms with Gasteiger partial charge in [0.1, 0.15) is 0 Å². The Labute approximate surface area is 128 Å². The number of rotatable bonds is 3. The summed E-state index contributed by atoms with van der Waals surface area (Å²) in [4.78, 5) is 8.06. The molecule has 0 aliphatic carbocycles. The summed E-state index contributed by atoms with van der Waals surface area (Å²) in [6.07, 6.45) is 4.03. The Morgan fingerprint density at radius 2 is 1.76 bits per heavy atom. The standard InChI is InChI=1S/C16H30N4O/c17-12-16(13-18-4-1-14(16)2-5-18)20-6-3-15(11-20)19-7-9-21-10-8-19/h14-15H,1-13,17H2. The van der Waals surface area contributed by atoms with E-state index in [9.17, 15) is 0 Å². The van der Waals surface area contributed by atoms with Crippen LogP contribution in [-0.4, -0.2) is 91.9 Å². The minimum Gasteiger partial charge on any atom is -0.379 e. The van der Waals surface area contributed by atoms with Gasteiger partial charge in [-0.15, -0.1) is 0 Å². The van der Waals surface area contributed by atoms with E-state index in [0.29, 0.717) is 0 Å². The fraction of sp³-hybridized carbons (Fsp3) is 1.00. The third kappa shape index (κ3) is 2.43. The Bertz CT molecular complexity index is 365. The van der Waals surface area contributed by atoms with Crippen LogP contribution in [0.4, 0.5) is 0 Å². The summed E-state index contributed by atoms with van der Waals surface area (Å²) in [6.45, 7) is 11.2. The number of morpholine rings is 1. The Kier molecular flexibility index (Phi) is 3.96. The number of fused-ring (bicyclic) bond motifs is 3. The van der Waals surface area contributed by atoms with Crippen molar-refractivity contribution in [1.29, 1.82) is 0 Å². The topological polar surface area (TPSA) is 45.0 Å². The van der Waals surface area contributed by atoms with Crippen molar-refractivity contribution in [2.24, 2.45) is 11.7 Å². The fourth-order valence-electron chi connectivity index (χ4n) is 5.25. The lowest BCUT2D eigenvalue weighted by molar-refractivity contribution is -0.0615. The summed E-state index contributed by atoms with van der Waals surface area (Å²) in [5.41, 5.74) is 6.60. The molecule has 0 aromatic heterocycles. The summed E-state index contributed by atoms with van der Waals surface area (Å²) in [6, 6.07) is 0.729. The number of likely N-dealkylation sites (tertiary alicyclic amines) is 1. The Hall–Kier alpha value is -0.200. The molecule has 0 aromatic rings. The highest BCUT2D eigenvalue weighted by molar-refractivity contribution is 5.08. The number of hydrogen-bond acceptors (Lipinski definition) is 5. The molecule has 5 rings (SSSR count). The lowest BCUT2D eigenvalue weighted by atomic mass is 9.71. The van der Waals surface area contributed by atoms with Gasteiger partial charge in [-0.3, -0.25) is 9.80 Å². The van der Waals surface area contributed by atoms with Crippen LogP contribution in [-0.2, 0) is 4.74 Å². The largest absolute Gasteiger partial charge is 0.379 e. The van der Waals surface area contributed by atoms with Crippen LogP contribution in [0.1, 0.15) is 19.3 Å². The van der Waals surface area contributed by atoms with Crippen LogP contribution in [0.25, 0.3) is 0 Å². The first kappa shape index (κ1) is 14.4. The lowest BCUT2D eigenvalue weighted by Gasteiger charge is -2.57. The molecule has 120 valence electrons. The highest BCUT2D eigenvalue weighted by Gasteiger charge is 2.51. The SMILES string of the molecule is NCC1(N2CCC(N3CCOCC3)C2)CN2CCC1CC2. The molecule has 5 aliphatic heterocycles. The number of nitrogens with zero attached hydrogens (tertiary/aromatic N) is 3. The maximum atomic E-state index is 6.33. The predicted molar refractivity (Wildman–Crippen MR) is 83.3 cm³/mol. The van der Waals surface area contributed by atoms with Crippen LogP contribution in [0.3, 0.4) is 0 Å². The van der Waals surface area contributed by atoms with E-state index in [1.165, 1.54) is 52.0 Å². The average molecular weight is 294 g/mol. The molecule has 5 aliphatic rings. The van der Waals surface area contributed by atoms with Crippen molar-refractivity contribution in [1.82, 2.24) is 14.7 Å². The molecular formula is C16H30N4O. The highest BCUT2D eigenvalue weighted by Crippen LogP contribution is 2.41. The zero-order chi connectivity index (χ0) is 14.3. The first-order valence-corrected chi connectivity index (χ1v) is 8.81. The minimum absolute atomic E-state index is 0.275. The average Bonchev–Trinajstić information content (AvgIpc) is 3.07. The predicted octanol–water partition coefficient (Wildman–Crippen LogP) is -0.184. The molecule has 5 heteroatoms. The molecular weight excluding hydrogens is 264 g/mol. The maximum absolute atomic E-state index is 6.33. The monoisotopic (exact) mass is 294 g/mol. The van der Waals surface area contributed by atoms with Gasteiger partial charge in [0.2, 0.25) is 0 Å². The zero-order valence-corrected chi connectivity index (χ0v) is 13.2. The summed E-state index contributed by atoms with van der Waals surface area (Å²) in [5.74, 6) is 0.830. The second kappa shape index (κ2) is 5.78. The maximum Gasteiger partial charge on any atom is 0.0594 e. The molecule has 2 unspecified atom stereocenters. The quantitative estimate of drug-likeness (QED) is 0.782. The molecule has 21 heavy (non-hydrogen) atoms. The van der Waals surface area contributed by atoms with Crippen LogP contribution >= 0.6 is 0 Å². The zero-order valence-electron chi connectivity index (χ0n) is 13.2. The van der Waals surface area contributed by atoms with Gasteiger partial charge in [0.05, 0.1) is 13.2 Å². The van der Waals surface area contributed by atoms with E-state index >= 15 is 0 Å². The Morgan fingerprint density at radius 1 is 1.00 bits per heavy atom. The molecule has 0 spiro atoms. The van der Waals surface area contributed by atoms with E-state index in [0.717, 1.165) is 44.8 Å². The molecule has 0 amide bonds. The lowest BCUT2D eigenvalue weighted by Crippen LogP contribution is -2.69. The van der Waals surface area contributed by atoms with Crippen molar-refractivity contribution in [3.8, 4) is 0 Å². The van der Waals surface area contributed by atoms with Gasteiger partial charge in [-0.25, -0.2) is 0 Å². The van der Waals surface area contributed by atoms with E-state index in [1.54, 1.807) is 0 Å². The molecule has 0 aromatic carbocycles. The van der Waals surface area contributed by atoms with Gasteiger partial charge in [0.25, 0.3) is 0 Å². The van der Waals surface area contributed by atoms with Crippen LogP contribution in [0.2, 0.25) is 0 Å². The van der Waals surface area contributed by atoms with Crippen LogP contribution < -0.4 is 5.73 Å². The van der Waals surface area contributed by atoms with Gasteiger partial charge in [-0.05, 0) is 38.3 Å². The smallest absolute Gasteiger partial charge is 0.0594 e. The molecule has 5 heterocycles. The van der Waals surface area contributed by atoms with E-state index in [1.807, 2.05) is 0 Å². The molecule has 0 saturated carbocycles. The van der Waals surface area contributed by atoms with E-state index < -0.39 is 0 Å². The Balaban J connectivity index is 1.46. The van der Waals surface area contributed by atoms with Crippen LogP contribution in [0.15, 0.2) is 0 Å². The summed E-state index contributed by atoms with van der Waals surface area (Å²) < 4.78 is 5.50. The van der Waals surface area contributed by atoms with Crippen molar-refractivity contribution >= 4 is 0 Å². The van der Waals surface area contributed by atoms with Crippen molar-refractivity contribution in [2.75, 3.05) is 65.6 Å². The second-order valence-corrected chi connectivity index (χ2v) is 7.39. The van der Waals surface area contributed by atoms with E-state index in [-0.39, 0.29) is 5.54 Å². The highest BCUT2D eigenvalue weighted by atomic mass is 16.5. The number of nitrogens with two attached hydrogens (primary N) is 1. The fourth-order valence-corrected chi connectivity index (χ4v) is 5.25. The molecule has 2 atom stereocenters. The van der Waals surface area contributed by atoms with Gasteiger partial charge in [-0.1, -0.05) is 0 Å². The third-order valence-electron chi connectivity index (χ3n) is 6.55. The molecule has 2 N–H and O–H groups in total. The van der Waals surface area contributed by atoms with Crippen LogP contribution in [0.5, 0.6) is 0 Å². The molecule has 5 fully saturated rings. The number of ether oxygens (including phenoxy) is 1. The van der Waals surface area contributed by atoms with Gasteiger partial charge >= 0.3 is 0 Å². The number of piperidine rings is 3. The van der Waals surface area contributed by atoms with Gasteiger partial charge in [-0.2, -0.15) is 0 Å². The minimum atomic E-state index is 0.275. The van der Waals surface area contributed by atoms with E-state index in [2.05, 4.69) is 14.7 Å². The van der Waals surface area contributed by atoms with E-state index in [4.69, 9.17) is 10.5 Å². The summed E-state index contributed by atoms with van der Waals surface area (Å²) in [5, 5.41) is 0. The van der Waals surface area contributed by atoms with Gasteiger partial charge in [0, 0.05) is 50.8 Å². The first-order valence-electron chi connectivity index (χ1n) is 8.81. The summed E-state index contributed by atoms with van der Waals surface area (Å²) >= 11 is 0. The molecule has 5 nitrogen and oxygen atoms in total. The normalized spacial score (nSPS) is 45.3. The van der Waals surface area contributed by atoms with Gasteiger partial charge in [0.15, 0.2) is 0 Å². The van der Waals surface area contributed by atoms with Gasteiger partial charge < -0.3 is 15.4 Å². The van der Waals surface area contributed by atoms with Crippen molar-refractivity contribution in [3.05, 3.63) is 0 Å². The molecule has 0 radical (unpaired) electrons. The molecule has 5 saturated heterocycles. The van der Waals surface area contributed by atoms with Crippen molar-refractivity contribution in [2.45, 2.75) is 30.8 Å². The second-order valence-electron chi connectivity index (χ2n) is 7.39. The Morgan fingerprint density at radius 3 is 2.38 bits per heavy atom. The first-order chi connectivity index (χ1) is 10.3. The summed E-state index contributed by atoms with van der Waals surface area (Å²) in [7, 11) is 0. The number of hydrogen-bond donors (Lipinski definition) is 1.